The van der Waals surface area contributed by atoms with Crippen molar-refractivity contribution < 1.29 is 14.3 Å². The van der Waals surface area contributed by atoms with E-state index in [0.29, 0.717) is 4.88 Å². The van der Waals surface area contributed by atoms with Crippen LogP contribution in [0.3, 0.4) is 0 Å². The van der Waals surface area contributed by atoms with Crippen molar-refractivity contribution in [1.82, 2.24) is 0 Å². The molecule has 0 aromatic carbocycles. The summed E-state index contributed by atoms with van der Waals surface area (Å²) in [6, 6.07) is 3.67. The summed E-state index contributed by atoms with van der Waals surface area (Å²) in [6.07, 6.45) is 3.91. The molecule has 0 aliphatic carbocycles. The lowest BCUT2D eigenvalue weighted by atomic mass is 9.98. The van der Waals surface area contributed by atoms with Gasteiger partial charge >= 0.3 is 5.97 Å². The van der Waals surface area contributed by atoms with Crippen molar-refractivity contribution in [2.45, 2.75) is 33.1 Å². The molecular weight excluding hydrogens is 248 g/mol. The van der Waals surface area contributed by atoms with Gasteiger partial charge in [-0.25, -0.2) is 4.79 Å². The third-order valence-electron chi connectivity index (χ3n) is 3.05. The molecule has 2 rings (SSSR count). The molecule has 0 N–H and O–H groups in total. The van der Waals surface area contributed by atoms with Crippen molar-refractivity contribution in [3.05, 3.63) is 21.9 Å². The highest BCUT2D eigenvalue weighted by atomic mass is 32.1. The first kappa shape index (κ1) is 15.2. The van der Waals surface area contributed by atoms with Crippen LogP contribution in [0, 0.1) is 12.8 Å². The highest BCUT2D eigenvalue weighted by molar-refractivity contribution is 7.13. The van der Waals surface area contributed by atoms with Gasteiger partial charge in [-0.15, -0.1) is 11.3 Å². The van der Waals surface area contributed by atoms with Gasteiger partial charge in [-0.2, -0.15) is 0 Å². The average molecular weight is 270 g/mol. The Hall–Kier alpha value is -0.870. The summed E-state index contributed by atoms with van der Waals surface area (Å²) in [5.74, 6) is 0.710. The first-order valence-corrected chi connectivity index (χ1v) is 7.21. The monoisotopic (exact) mass is 270 g/mol. The van der Waals surface area contributed by atoms with Crippen molar-refractivity contribution in [3.8, 4) is 0 Å². The average Bonchev–Trinajstić information content (AvgIpc) is 2.86. The van der Waals surface area contributed by atoms with Gasteiger partial charge in [-0.05, 0) is 37.8 Å². The zero-order valence-electron chi connectivity index (χ0n) is 11.4. The number of methoxy groups -OCH3 is 1. The molecule has 0 amide bonds. The molecule has 2 heterocycles. The summed E-state index contributed by atoms with van der Waals surface area (Å²) in [4.78, 5) is 12.6. The van der Waals surface area contributed by atoms with E-state index in [1.165, 1.54) is 37.7 Å². The third kappa shape index (κ3) is 5.19. The quantitative estimate of drug-likeness (QED) is 0.769. The highest BCUT2D eigenvalue weighted by Crippen LogP contribution is 2.17. The number of esters is 1. The Bertz CT molecular complexity index is 354. The number of hydrogen-bond donors (Lipinski definition) is 0. The number of carbonyl (C=O) groups is 1. The Kier molecular flexibility index (Phi) is 6.98. The zero-order valence-corrected chi connectivity index (χ0v) is 12.2. The van der Waals surface area contributed by atoms with Gasteiger partial charge in [0, 0.05) is 18.1 Å². The molecule has 1 aliphatic rings. The predicted molar refractivity (Wildman–Crippen MR) is 74.2 cm³/mol. The van der Waals surface area contributed by atoms with Crippen molar-refractivity contribution in [3.63, 3.8) is 0 Å². The van der Waals surface area contributed by atoms with Crippen LogP contribution in [0.5, 0.6) is 0 Å². The maximum absolute atomic E-state index is 10.8. The maximum Gasteiger partial charge on any atom is 0.348 e. The largest absolute Gasteiger partial charge is 0.465 e. The summed E-state index contributed by atoms with van der Waals surface area (Å²) in [6.45, 7) is 6.21. The molecule has 102 valence electrons. The summed E-state index contributed by atoms with van der Waals surface area (Å²) >= 11 is 1.45. The van der Waals surface area contributed by atoms with Crippen molar-refractivity contribution in [2.24, 2.45) is 5.92 Å². The van der Waals surface area contributed by atoms with E-state index >= 15 is 0 Å². The van der Waals surface area contributed by atoms with E-state index in [-0.39, 0.29) is 5.97 Å². The molecule has 0 bridgehead atoms. The van der Waals surface area contributed by atoms with E-state index < -0.39 is 0 Å². The molecule has 1 aliphatic heterocycles. The van der Waals surface area contributed by atoms with Gasteiger partial charge in [0.05, 0.1) is 7.11 Å². The minimum atomic E-state index is -0.252. The molecule has 4 heteroatoms. The summed E-state index contributed by atoms with van der Waals surface area (Å²) in [7, 11) is 1.39. The van der Waals surface area contributed by atoms with Crippen LogP contribution in [0.2, 0.25) is 0 Å². The predicted octanol–water partition coefficient (Wildman–Crippen LogP) is 3.67. The molecule has 0 atom stereocenters. The molecule has 0 unspecified atom stereocenters. The molecule has 0 saturated carbocycles. The normalized spacial score (nSPS) is 15.7. The van der Waals surface area contributed by atoms with Gasteiger partial charge < -0.3 is 9.47 Å². The minimum Gasteiger partial charge on any atom is -0.465 e. The van der Waals surface area contributed by atoms with Gasteiger partial charge in [-0.3, -0.25) is 0 Å². The molecule has 18 heavy (non-hydrogen) atoms. The van der Waals surface area contributed by atoms with Crippen LogP contribution in [-0.2, 0) is 9.47 Å². The number of rotatable bonds is 2. The van der Waals surface area contributed by atoms with Gasteiger partial charge in [-0.1, -0.05) is 13.3 Å². The fourth-order valence-electron chi connectivity index (χ4n) is 1.80. The lowest BCUT2D eigenvalue weighted by Crippen LogP contribution is -2.14. The van der Waals surface area contributed by atoms with E-state index in [1.807, 2.05) is 13.0 Å². The molecule has 0 radical (unpaired) electrons. The van der Waals surface area contributed by atoms with E-state index in [2.05, 4.69) is 11.7 Å². The van der Waals surface area contributed by atoms with E-state index in [1.54, 1.807) is 6.07 Å². The molecule has 1 saturated heterocycles. The molecule has 3 nitrogen and oxygen atoms in total. The SMILES string of the molecule is CCC1CCOCC1.COC(=O)c1ccc(C)s1. The van der Waals surface area contributed by atoms with E-state index in [0.717, 1.165) is 24.0 Å². The molecule has 1 aromatic rings. The second-order valence-corrected chi connectivity index (χ2v) is 5.65. The second kappa shape index (κ2) is 8.27. The van der Waals surface area contributed by atoms with Gasteiger partial charge in [0.15, 0.2) is 0 Å². The van der Waals surface area contributed by atoms with Gasteiger partial charge in [0.25, 0.3) is 0 Å². The summed E-state index contributed by atoms with van der Waals surface area (Å²) in [5, 5.41) is 0. The topological polar surface area (TPSA) is 35.5 Å². The Morgan fingerprint density at radius 2 is 2.11 bits per heavy atom. The number of hydrogen-bond acceptors (Lipinski definition) is 4. The number of carbonyl (C=O) groups excluding carboxylic acids is 1. The fourth-order valence-corrected chi connectivity index (χ4v) is 2.59. The van der Waals surface area contributed by atoms with Crippen LogP contribution >= 0.6 is 11.3 Å². The van der Waals surface area contributed by atoms with E-state index in [9.17, 15) is 4.79 Å². The zero-order chi connectivity index (χ0) is 13.4. The van der Waals surface area contributed by atoms with Crippen LogP contribution in [0.25, 0.3) is 0 Å². The third-order valence-corrected chi connectivity index (χ3v) is 4.03. The lowest BCUT2D eigenvalue weighted by molar-refractivity contribution is 0.0606. The Morgan fingerprint density at radius 1 is 1.44 bits per heavy atom. The van der Waals surface area contributed by atoms with Gasteiger partial charge in [0.1, 0.15) is 4.88 Å². The van der Waals surface area contributed by atoms with Crippen LogP contribution in [0.4, 0.5) is 0 Å². The smallest absolute Gasteiger partial charge is 0.348 e. The Balaban J connectivity index is 0.000000184. The van der Waals surface area contributed by atoms with Gasteiger partial charge in [0.2, 0.25) is 0 Å². The van der Waals surface area contributed by atoms with Crippen LogP contribution < -0.4 is 0 Å². The van der Waals surface area contributed by atoms with Crippen LogP contribution in [0.1, 0.15) is 40.7 Å². The standard InChI is InChI=1S/C7H8O2S.C7H14O/c1-5-3-4-6(10-5)7(8)9-2;1-2-7-3-5-8-6-4-7/h3-4H,1-2H3;7H,2-6H2,1H3. The molecule has 1 fully saturated rings. The van der Waals surface area contributed by atoms with Crippen LogP contribution in [-0.4, -0.2) is 26.3 Å². The Morgan fingerprint density at radius 3 is 2.50 bits per heavy atom. The summed E-state index contributed by atoms with van der Waals surface area (Å²) < 4.78 is 9.72. The number of ether oxygens (including phenoxy) is 2. The van der Waals surface area contributed by atoms with Crippen molar-refractivity contribution in [2.75, 3.05) is 20.3 Å². The maximum atomic E-state index is 10.8. The second-order valence-electron chi connectivity index (χ2n) is 4.37. The molecular formula is C14H22O3S. The first-order valence-electron chi connectivity index (χ1n) is 6.39. The molecule has 0 spiro atoms. The van der Waals surface area contributed by atoms with Crippen molar-refractivity contribution >= 4 is 17.3 Å². The molecule has 1 aromatic heterocycles. The highest BCUT2D eigenvalue weighted by Gasteiger charge is 2.10. The number of aryl methyl sites for hydroxylation is 1. The van der Waals surface area contributed by atoms with Crippen molar-refractivity contribution in [1.29, 1.82) is 0 Å². The summed E-state index contributed by atoms with van der Waals surface area (Å²) in [5.41, 5.74) is 0. The number of thiophene rings is 1. The first-order chi connectivity index (χ1) is 8.67. The van der Waals surface area contributed by atoms with Crippen LogP contribution in [0.15, 0.2) is 12.1 Å². The van der Waals surface area contributed by atoms with E-state index in [4.69, 9.17) is 4.74 Å². The fraction of sp³-hybridized carbons (Fsp3) is 0.643. The lowest BCUT2D eigenvalue weighted by Gasteiger charge is -2.19. The minimum absolute atomic E-state index is 0.252. The Labute approximate surface area is 113 Å².